The number of rotatable bonds is 8. The second-order valence-corrected chi connectivity index (χ2v) is 3.70. The van der Waals surface area contributed by atoms with Gasteiger partial charge < -0.3 is 10.6 Å². The van der Waals surface area contributed by atoms with Crippen LogP contribution in [0.5, 0.6) is 0 Å². The van der Waals surface area contributed by atoms with E-state index >= 15 is 0 Å². The van der Waals surface area contributed by atoms with Crippen LogP contribution in [0.25, 0.3) is 0 Å². The van der Waals surface area contributed by atoms with Gasteiger partial charge in [0.05, 0.1) is 11.5 Å². The topological polar surface area (TPSA) is 75.3 Å². The molecular formula is C9H15N2O3S2. The van der Waals surface area contributed by atoms with Crippen molar-refractivity contribution in [2.24, 2.45) is 0 Å². The van der Waals surface area contributed by atoms with E-state index in [2.05, 4.69) is 35.9 Å². The lowest BCUT2D eigenvalue weighted by molar-refractivity contribution is -0.121. The zero-order valence-corrected chi connectivity index (χ0v) is 10.5. The first-order valence-electron chi connectivity index (χ1n) is 4.76. The molecule has 0 heterocycles. The van der Waals surface area contributed by atoms with Crippen LogP contribution in [0.4, 0.5) is 0 Å². The molecule has 0 aliphatic rings. The number of hydrogen-bond donors (Lipinski definition) is 4. The van der Waals surface area contributed by atoms with Crippen molar-refractivity contribution in [1.29, 1.82) is 0 Å². The summed E-state index contributed by atoms with van der Waals surface area (Å²) in [5.74, 6) is -0.294. The van der Waals surface area contributed by atoms with Gasteiger partial charge in [-0.3, -0.25) is 14.4 Å². The molecule has 5 nitrogen and oxygen atoms in total. The Morgan fingerprint density at radius 2 is 1.81 bits per heavy atom. The number of nitrogens with one attached hydrogen (secondary N) is 2. The molecule has 0 aromatic rings. The maximum absolute atomic E-state index is 11.1. The molecule has 0 aliphatic heterocycles. The molecule has 16 heavy (non-hydrogen) atoms. The quantitative estimate of drug-likeness (QED) is 0.439. The molecule has 0 aromatic carbocycles. The molecule has 0 saturated carbocycles. The summed E-state index contributed by atoms with van der Waals surface area (Å²) in [5, 5.41) is 5.23. The minimum atomic E-state index is -0.273. The summed E-state index contributed by atoms with van der Waals surface area (Å²) >= 11 is 7.62. The normalized spacial score (nSPS) is 11.6. The molecule has 0 spiro atoms. The van der Waals surface area contributed by atoms with E-state index in [4.69, 9.17) is 0 Å². The van der Waals surface area contributed by atoms with E-state index in [9.17, 15) is 14.4 Å². The van der Waals surface area contributed by atoms with E-state index in [1.165, 1.54) is 0 Å². The van der Waals surface area contributed by atoms with Gasteiger partial charge in [0, 0.05) is 19.0 Å². The molecule has 0 bridgehead atoms. The van der Waals surface area contributed by atoms with Crippen LogP contribution in [0.3, 0.4) is 0 Å². The highest BCUT2D eigenvalue weighted by Gasteiger charge is 2.12. The van der Waals surface area contributed by atoms with Crippen LogP contribution in [0.2, 0.25) is 0 Å². The van der Waals surface area contributed by atoms with Crippen LogP contribution in [0.1, 0.15) is 12.8 Å². The third kappa shape index (κ3) is 7.58. The largest absolute Gasteiger partial charge is 0.353 e. The molecule has 0 fully saturated rings. The van der Waals surface area contributed by atoms with Gasteiger partial charge in [0.2, 0.25) is 11.8 Å². The molecule has 0 rings (SSSR count). The summed E-state index contributed by atoms with van der Waals surface area (Å²) in [4.78, 5) is 32.1. The number of hydrogen-bond acceptors (Lipinski definition) is 5. The third-order valence-electron chi connectivity index (χ3n) is 1.79. The molecule has 0 aliphatic carbocycles. The fourth-order valence-corrected chi connectivity index (χ4v) is 1.23. The summed E-state index contributed by atoms with van der Waals surface area (Å²) < 4.78 is 0. The smallest absolute Gasteiger partial charge is 0.230 e. The minimum absolute atomic E-state index is 0.0712. The van der Waals surface area contributed by atoms with Gasteiger partial charge >= 0.3 is 0 Å². The fourth-order valence-electron chi connectivity index (χ4n) is 1.02. The first-order chi connectivity index (χ1) is 7.63. The molecule has 2 amide bonds. The minimum Gasteiger partial charge on any atom is -0.353 e. The van der Waals surface area contributed by atoms with E-state index in [0.717, 1.165) is 0 Å². The average molecular weight is 263 g/mol. The maximum atomic E-state index is 11.1. The second kappa shape index (κ2) is 9.53. The van der Waals surface area contributed by atoms with Crippen LogP contribution in [0.15, 0.2) is 0 Å². The van der Waals surface area contributed by atoms with Gasteiger partial charge in [0.15, 0.2) is 6.29 Å². The molecular weight excluding hydrogens is 248 g/mol. The Balaban J connectivity index is 4.03. The predicted molar refractivity (Wildman–Crippen MR) is 67.6 cm³/mol. The van der Waals surface area contributed by atoms with E-state index in [-0.39, 0.29) is 42.3 Å². The van der Waals surface area contributed by atoms with Crippen molar-refractivity contribution in [2.45, 2.75) is 18.9 Å². The fraction of sp³-hybridized carbons (Fsp3) is 0.667. The molecule has 0 aromatic heterocycles. The summed E-state index contributed by atoms with van der Waals surface area (Å²) in [6.07, 6.45) is 2.40. The number of carbonyl (C=O) groups excluding carboxylic acids is 3. The Bertz CT molecular complexity index is 249. The molecule has 91 valence electrons. The highest BCUT2D eigenvalue weighted by Crippen LogP contribution is 1.95. The van der Waals surface area contributed by atoms with Gasteiger partial charge in [-0.15, -0.1) is 0 Å². The lowest BCUT2D eigenvalue weighted by Crippen LogP contribution is -2.44. The molecule has 1 radical (unpaired) electrons. The Morgan fingerprint density at radius 1 is 1.19 bits per heavy atom. The standard InChI is InChI=1S/C9H15N2O3S2/c12-3-1-2-7(11-9(14)6-16)4-10-8(13)5-15/h7,15-16H,1-2,4-6H2,(H,10,13)(H,11,14). The Labute approximate surface area is 106 Å². The molecule has 2 N–H and O–H groups in total. The van der Waals surface area contributed by atoms with Crippen LogP contribution in [0, 0.1) is 0 Å². The molecule has 7 heteroatoms. The van der Waals surface area contributed by atoms with Crippen molar-refractivity contribution >= 4 is 43.4 Å². The molecule has 0 saturated heterocycles. The predicted octanol–water partition coefficient (Wildman–Crippen LogP) is -0.663. The monoisotopic (exact) mass is 263 g/mol. The van der Waals surface area contributed by atoms with Crippen molar-refractivity contribution < 1.29 is 14.4 Å². The maximum Gasteiger partial charge on any atom is 0.230 e. The van der Waals surface area contributed by atoms with Gasteiger partial charge in [-0.05, 0) is 6.42 Å². The van der Waals surface area contributed by atoms with Gasteiger partial charge in [-0.2, -0.15) is 25.3 Å². The lowest BCUT2D eigenvalue weighted by atomic mass is 10.1. The average Bonchev–Trinajstić information content (AvgIpc) is 2.31. The Hall–Kier alpha value is -0.690. The van der Waals surface area contributed by atoms with Gasteiger partial charge in [0.25, 0.3) is 0 Å². The summed E-state index contributed by atoms with van der Waals surface area (Å²) in [7, 11) is 0. The van der Waals surface area contributed by atoms with Crippen LogP contribution in [-0.4, -0.2) is 42.2 Å². The Kier molecular flexibility index (Phi) is 9.12. The highest BCUT2D eigenvalue weighted by molar-refractivity contribution is 7.81. The van der Waals surface area contributed by atoms with Crippen molar-refractivity contribution in [3.63, 3.8) is 0 Å². The summed E-state index contributed by atoms with van der Waals surface area (Å²) in [6, 6.07) is -0.273. The second-order valence-electron chi connectivity index (χ2n) is 3.07. The van der Waals surface area contributed by atoms with Crippen molar-refractivity contribution in [1.82, 2.24) is 10.6 Å². The number of amides is 2. The number of thiol groups is 2. The van der Waals surface area contributed by atoms with Crippen molar-refractivity contribution in [2.75, 3.05) is 18.1 Å². The molecule has 1 atom stereocenters. The first kappa shape index (κ1) is 15.3. The lowest BCUT2D eigenvalue weighted by Gasteiger charge is -2.17. The summed E-state index contributed by atoms with van der Waals surface area (Å²) in [5.41, 5.74) is 0. The van der Waals surface area contributed by atoms with E-state index in [0.29, 0.717) is 6.42 Å². The van der Waals surface area contributed by atoms with Gasteiger partial charge in [-0.25, -0.2) is 0 Å². The van der Waals surface area contributed by atoms with Crippen LogP contribution in [-0.2, 0) is 14.4 Å². The van der Waals surface area contributed by atoms with E-state index < -0.39 is 0 Å². The Morgan fingerprint density at radius 3 is 2.31 bits per heavy atom. The number of carbonyl (C=O) groups is 2. The summed E-state index contributed by atoms with van der Waals surface area (Å²) in [6.45, 7) is 0.278. The van der Waals surface area contributed by atoms with Crippen molar-refractivity contribution in [3.8, 4) is 0 Å². The van der Waals surface area contributed by atoms with Crippen molar-refractivity contribution in [3.05, 3.63) is 0 Å². The van der Waals surface area contributed by atoms with E-state index in [1.54, 1.807) is 6.29 Å². The van der Waals surface area contributed by atoms with Gasteiger partial charge in [0.1, 0.15) is 0 Å². The highest BCUT2D eigenvalue weighted by atomic mass is 32.1. The van der Waals surface area contributed by atoms with Crippen LogP contribution >= 0.6 is 25.3 Å². The molecule has 1 unspecified atom stereocenters. The van der Waals surface area contributed by atoms with E-state index in [1.807, 2.05) is 0 Å². The zero-order chi connectivity index (χ0) is 12.4. The first-order valence-corrected chi connectivity index (χ1v) is 6.03. The van der Waals surface area contributed by atoms with Crippen LogP contribution < -0.4 is 10.6 Å². The van der Waals surface area contributed by atoms with Gasteiger partial charge in [-0.1, -0.05) is 0 Å². The third-order valence-corrected chi connectivity index (χ3v) is 2.37. The SMILES string of the molecule is O=[C]CCC(CNC(=O)CS)NC(=O)CS. The zero-order valence-electron chi connectivity index (χ0n) is 8.73.